The van der Waals surface area contributed by atoms with Gasteiger partial charge in [-0.25, -0.2) is 0 Å². The molecule has 2 aliphatic rings. The molecule has 0 aromatic heterocycles. The summed E-state index contributed by atoms with van der Waals surface area (Å²) < 4.78 is 5.34. The minimum atomic E-state index is 0.128. The average molecular weight is 254 g/mol. The van der Waals surface area contributed by atoms with E-state index in [2.05, 4.69) is 10.6 Å². The highest BCUT2D eigenvalue weighted by Gasteiger charge is 2.28. The first-order chi connectivity index (χ1) is 8.79. The molecule has 18 heavy (non-hydrogen) atoms. The lowest BCUT2D eigenvalue weighted by molar-refractivity contribution is -0.122. The summed E-state index contributed by atoms with van der Waals surface area (Å²) in [5.74, 6) is 0.973. The zero-order valence-electron chi connectivity index (χ0n) is 11.4. The van der Waals surface area contributed by atoms with Crippen molar-refractivity contribution in [1.29, 1.82) is 0 Å². The van der Waals surface area contributed by atoms with E-state index in [1.807, 2.05) is 0 Å². The minimum Gasteiger partial charge on any atom is -0.378 e. The highest BCUT2D eigenvalue weighted by Crippen LogP contribution is 2.27. The Hall–Kier alpha value is -0.610. The zero-order chi connectivity index (χ0) is 12.8. The molecule has 1 aliphatic carbocycles. The maximum Gasteiger partial charge on any atom is 0.220 e. The second kappa shape index (κ2) is 7.10. The smallest absolute Gasteiger partial charge is 0.220 e. The van der Waals surface area contributed by atoms with Crippen molar-refractivity contribution in [1.82, 2.24) is 10.6 Å². The van der Waals surface area contributed by atoms with E-state index >= 15 is 0 Å². The van der Waals surface area contributed by atoms with Gasteiger partial charge in [0.15, 0.2) is 0 Å². The Labute approximate surface area is 110 Å². The van der Waals surface area contributed by atoms with Crippen molar-refractivity contribution in [2.75, 3.05) is 20.2 Å². The first kappa shape index (κ1) is 13.8. The summed E-state index contributed by atoms with van der Waals surface area (Å²) in [4.78, 5) is 11.9. The van der Waals surface area contributed by atoms with Crippen molar-refractivity contribution in [2.24, 2.45) is 5.92 Å². The molecule has 1 heterocycles. The highest BCUT2D eigenvalue weighted by atomic mass is 16.5. The third-order valence-corrected chi connectivity index (χ3v) is 4.31. The summed E-state index contributed by atoms with van der Waals surface area (Å²) in [6.45, 7) is 1.66. The van der Waals surface area contributed by atoms with Gasteiger partial charge >= 0.3 is 0 Å². The van der Waals surface area contributed by atoms with E-state index in [4.69, 9.17) is 4.74 Å². The first-order valence-corrected chi connectivity index (χ1v) is 7.32. The molecule has 2 N–H and O–H groups in total. The van der Waals surface area contributed by atoms with Gasteiger partial charge in [-0.15, -0.1) is 0 Å². The van der Waals surface area contributed by atoms with Crippen LogP contribution in [0.2, 0.25) is 0 Å². The Balaban J connectivity index is 1.65. The molecule has 104 valence electrons. The molecular weight excluding hydrogens is 228 g/mol. The molecule has 0 aromatic carbocycles. The molecule has 1 unspecified atom stereocenters. The Bertz CT molecular complexity index is 265. The summed E-state index contributed by atoms with van der Waals surface area (Å²) in [6.07, 6.45) is 8.59. The third kappa shape index (κ3) is 3.95. The van der Waals surface area contributed by atoms with Gasteiger partial charge in [0.25, 0.3) is 0 Å². The van der Waals surface area contributed by atoms with Crippen LogP contribution >= 0.6 is 0 Å². The van der Waals surface area contributed by atoms with Crippen LogP contribution in [0.5, 0.6) is 0 Å². The molecule has 4 nitrogen and oxygen atoms in total. The number of ether oxygens (including phenoxy) is 1. The van der Waals surface area contributed by atoms with E-state index in [9.17, 15) is 4.79 Å². The molecule has 1 saturated carbocycles. The Morgan fingerprint density at radius 3 is 2.78 bits per heavy atom. The van der Waals surface area contributed by atoms with Gasteiger partial charge in [-0.05, 0) is 12.3 Å². The van der Waals surface area contributed by atoms with Gasteiger partial charge in [-0.3, -0.25) is 4.79 Å². The number of nitrogens with one attached hydrogen (secondary N) is 2. The fourth-order valence-corrected chi connectivity index (χ4v) is 3.14. The molecule has 1 saturated heterocycles. The number of amides is 1. The fourth-order valence-electron chi connectivity index (χ4n) is 3.14. The van der Waals surface area contributed by atoms with Crippen LogP contribution in [0.3, 0.4) is 0 Å². The maximum absolute atomic E-state index is 11.9. The van der Waals surface area contributed by atoms with E-state index in [0.717, 1.165) is 25.4 Å². The summed E-state index contributed by atoms with van der Waals surface area (Å²) in [6, 6.07) is 0.147. The molecule has 1 amide bonds. The van der Waals surface area contributed by atoms with Crippen molar-refractivity contribution >= 4 is 5.91 Å². The molecule has 0 radical (unpaired) electrons. The van der Waals surface area contributed by atoms with Gasteiger partial charge in [-0.2, -0.15) is 0 Å². The van der Waals surface area contributed by atoms with Crippen LogP contribution in [-0.4, -0.2) is 38.3 Å². The van der Waals surface area contributed by atoms with Crippen LogP contribution in [0.25, 0.3) is 0 Å². The van der Waals surface area contributed by atoms with Crippen LogP contribution < -0.4 is 10.6 Å². The normalized spacial score (nSPS) is 29.4. The molecule has 0 bridgehead atoms. The Morgan fingerprint density at radius 1 is 1.28 bits per heavy atom. The Morgan fingerprint density at radius 2 is 2.06 bits per heavy atom. The van der Waals surface area contributed by atoms with Crippen LogP contribution in [-0.2, 0) is 9.53 Å². The molecule has 2 fully saturated rings. The largest absolute Gasteiger partial charge is 0.378 e. The monoisotopic (exact) mass is 254 g/mol. The standard InChI is InChI=1S/C14H26N2O2/c1-18-13-10-15-9-12(13)16-14(17)8-7-11-5-3-2-4-6-11/h11-13,15H,2-10H2,1H3,(H,16,17)/t12?,13-/m1/s1. The van der Waals surface area contributed by atoms with Crippen LogP contribution in [0.15, 0.2) is 0 Å². The van der Waals surface area contributed by atoms with Gasteiger partial charge in [-0.1, -0.05) is 32.1 Å². The van der Waals surface area contributed by atoms with E-state index in [1.54, 1.807) is 7.11 Å². The van der Waals surface area contributed by atoms with Gasteiger partial charge in [0.2, 0.25) is 5.91 Å². The molecule has 1 aliphatic heterocycles. The lowest BCUT2D eigenvalue weighted by Crippen LogP contribution is -2.43. The quantitative estimate of drug-likeness (QED) is 0.781. The number of hydrogen-bond acceptors (Lipinski definition) is 3. The number of hydrogen-bond donors (Lipinski definition) is 2. The summed E-state index contributed by atoms with van der Waals surface area (Å²) in [7, 11) is 1.71. The summed E-state index contributed by atoms with van der Waals surface area (Å²) >= 11 is 0. The van der Waals surface area contributed by atoms with E-state index in [0.29, 0.717) is 6.42 Å². The average Bonchev–Trinajstić information content (AvgIpc) is 2.85. The molecular formula is C14H26N2O2. The molecule has 4 heteroatoms. The second-order valence-corrected chi connectivity index (χ2v) is 5.65. The zero-order valence-corrected chi connectivity index (χ0v) is 11.4. The lowest BCUT2D eigenvalue weighted by Gasteiger charge is -2.22. The maximum atomic E-state index is 11.9. The minimum absolute atomic E-state index is 0.128. The van der Waals surface area contributed by atoms with Crippen LogP contribution in [0.4, 0.5) is 0 Å². The number of carbonyl (C=O) groups is 1. The predicted octanol–water partition coefficient (Wildman–Crippen LogP) is 1.45. The number of carbonyl (C=O) groups excluding carboxylic acids is 1. The van der Waals surface area contributed by atoms with Crippen molar-refractivity contribution in [3.05, 3.63) is 0 Å². The van der Waals surface area contributed by atoms with Crippen LogP contribution in [0, 0.1) is 5.92 Å². The second-order valence-electron chi connectivity index (χ2n) is 5.65. The topological polar surface area (TPSA) is 50.4 Å². The Kier molecular flexibility index (Phi) is 5.45. The van der Waals surface area contributed by atoms with Gasteiger partial charge < -0.3 is 15.4 Å². The van der Waals surface area contributed by atoms with Gasteiger partial charge in [0.1, 0.15) is 0 Å². The van der Waals surface area contributed by atoms with Gasteiger partial charge in [0, 0.05) is 26.6 Å². The van der Waals surface area contributed by atoms with Crippen molar-refractivity contribution in [3.63, 3.8) is 0 Å². The SMILES string of the molecule is CO[C@@H]1CNCC1NC(=O)CCC1CCCCC1. The van der Waals surface area contributed by atoms with Crippen molar-refractivity contribution in [3.8, 4) is 0 Å². The molecule has 2 atom stereocenters. The molecule has 0 aromatic rings. The first-order valence-electron chi connectivity index (χ1n) is 7.32. The number of methoxy groups -OCH3 is 1. The van der Waals surface area contributed by atoms with Gasteiger partial charge in [0.05, 0.1) is 12.1 Å². The lowest BCUT2D eigenvalue weighted by atomic mass is 9.86. The van der Waals surface area contributed by atoms with Crippen molar-refractivity contribution < 1.29 is 9.53 Å². The summed E-state index contributed by atoms with van der Waals surface area (Å²) in [5, 5.41) is 6.34. The predicted molar refractivity (Wildman–Crippen MR) is 71.4 cm³/mol. The number of rotatable bonds is 5. The van der Waals surface area contributed by atoms with E-state index < -0.39 is 0 Å². The molecule has 2 rings (SSSR count). The highest BCUT2D eigenvalue weighted by molar-refractivity contribution is 5.76. The van der Waals surface area contributed by atoms with Crippen molar-refractivity contribution in [2.45, 2.75) is 57.1 Å². The fraction of sp³-hybridized carbons (Fsp3) is 0.929. The third-order valence-electron chi connectivity index (χ3n) is 4.31. The molecule has 0 spiro atoms. The van der Waals surface area contributed by atoms with Crippen LogP contribution in [0.1, 0.15) is 44.9 Å². The van der Waals surface area contributed by atoms with E-state index in [-0.39, 0.29) is 18.1 Å². The summed E-state index contributed by atoms with van der Waals surface area (Å²) in [5.41, 5.74) is 0. The van der Waals surface area contributed by atoms with E-state index in [1.165, 1.54) is 32.1 Å².